The van der Waals surface area contributed by atoms with Crippen molar-refractivity contribution in [3.63, 3.8) is 0 Å². The maximum Gasteiger partial charge on any atom is 0.369 e. The van der Waals surface area contributed by atoms with Crippen LogP contribution in [-0.2, 0) is 0 Å². The zero-order valence-corrected chi connectivity index (χ0v) is 5.73. The molecule has 0 aromatic rings. The van der Waals surface area contributed by atoms with Gasteiger partial charge in [-0.15, -0.1) is 5.92 Å². The quantitative estimate of drug-likeness (QED) is 0.315. The highest BCUT2D eigenvalue weighted by molar-refractivity contribution is 6.64. The van der Waals surface area contributed by atoms with E-state index in [9.17, 15) is 0 Å². The first kappa shape index (κ1) is 6.09. The van der Waals surface area contributed by atoms with Gasteiger partial charge in [-0.05, 0) is 6.92 Å². The normalized spacial score (nSPS) is 5.83. The molecule has 0 aliphatic carbocycles. The van der Waals surface area contributed by atoms with E-state index in [-0.39, 0.29) is 0 Å². The lowest BCUT2D eigenvalue weighted by Crippen LogP contribution is -1.91. The molecule has 0 aromatic carbocycles. The third-order valence-corrected chi connectivity index (χ3v) is 1.30. The summed E-state index contributed by atoms with van der Waals surface area (Å²) < 4.78 is 0. The first-order chi connectivity index (χ1) is 2.77. The summed E-state index contributed by atoms with van der Waals surface area (Å²) in [5, 5.41) is 0. The predicted octanol–water partition coefficient (Wildman–Crippen LogP) is 1.30. The molecule has 0 amide bonds. The molecule has 0 saturated heterocycles. The Bertz CT molecular complexity index is 73.7. The molecular formula is C5H9Al. The average Bonchev–Trinajstić information content (AvgIpc) is 1.35. The summed E-state index contributed by atoms with van der Waals surface area (Å²) in [6.45, 7) is 1.90. The van der Waals surface area contributed by atoms with Crippen molar-refractivity contribution in [3.8, 4) is 10.7 Å². The molecule has 0 unspecified atom stereocenters. The van der Waals surface area contributed by atoms with E-state index in [1.807, 2.05) is 6.92 Å². The molecule has 0 radical (unpaired) electrons. The number of rotatable bonds is 0. The minimum atomic E-state index is -0.532. The lowest BCUT2D eigenvalue weighted by Gasteiger charge is -1.71. The van der Waals surface area contributed by atoms with Gasteiger partial charge < -0.3 is 0 Å². The van der Waals surface area contributed by atoms with Crippen molar-refractivity contribution in [2.24, 2.45) is 0 Å². The van der Waals surface area contributed by atoms with Crippen molar-refractivity contribution in [3.05, 3.63) is 0 Å². The molecule has 0 heterocycles. The molecule has 0 N–H and O–H groups in total. The summed E-state index contributed by atoms with van der Waals surface area (Å²) >= 11 is -0.532. The topological polar surface area (TPSA) is 0 Å². The molecule has 0 fully saturated rings. The second kappa shape index (κ2) is 3.29. The van der Waals surface area contributed by atoms with Gasteiger partial charge in [0.25, 0.3) is 0 Å². The van der Waals surface area contributed by atoms with Gasteiger partial charge in [-0.1, -0.05) is 11.6 Å². The Labute approximate surface area is 43.9 Å². The van der Waals surface area contributed by atoms with Crippen LogP contribution in [0.3, 0.4) is 0 Å². The second-order valence-corrected chi connectivity index (χ2v) is 4.15. The molecule has 0 aliphatic rings. The van der Waals surface area contributed by atoms with Gasteiger partial charge in [0.2, 0.25) is 0 Å². The van der Waals surface area contributed by atoms with Gasteiger partial charge in [0.15, 0.2) is 0 Å². The molecule has 0 aliphatic heterocycles. The van der Waals surface area contributed by atoms with Crippen LogP contribution >= 0.6 is 0 Å². The Kier molecular flexibility index (Phi) is 3.34. The molecule has 6 heavy (non-hydrogen) atoms. The molecule has 0 aromatic heterocycles. The third-order valence-electron chi connectivity index (χ3n) is 0.433. The highest BCUT2D eigenvalue weighted by Gasteiger charge is 1.90. The summed E-state index contributed by atoms with van der Waals surface area (Å²) in [7, 11) is 0. The van der Waals surface area contributed by atoms with E-state index < -0.39 is 14.1 Å². The van der Waals surface area contributed by atoms with E-state index in [0.29, 0.717) is 0 Å². The molecule has 0 saturated carbocycles. The first-order valence-electron chi connectivity index (χ1n) is 2.19. The highest BCUT2D eigenvalue weighted by atomic mass is 27.2. The minimum absolute atomic E-state index is 0.532. The van der Waals surface area contributed by atoms with Crippen molar-refractivity contribution >= 4 is 14.1 Å². The van der Waals surface area contributed by atoms with Crippen molar-refractivity contribution in [1.29, 1.82) is 0 Å². The highest BCUT2D eigenvalue weighted by Crippen LogP contribution is 1.70. The van der Waals surface area contributed by atoms with Crippen molar-refractivity contribution in [1.82, 2.24) is 0 Å². The van der Waals surface area contributed by atoms with E-state index in [2.05, 4.69) is 22.3 Å². The minimum Gasteiger partial charge on any atom is -0.206 e. The van der Waals surface area contributed by atoms with E-state index in [0.717, 1.165) is 0 Å². The third kappa shape index (κ3) is 4.09. The van der Waals surface area contributed by atoms with Crippen LogP contribution in [-0.4, -0.2) is 14.1 Å². The van der Waals surface area contributed by atoms with Gasteiger partial charge in [0, 0.05) is 0 Å². The second-order valence-electron chi connectivity index (χ2n) is 1.55. The van der Waals surface area contributed by atoms with E-state index in [4.69, 9.17) is 0 Å². The van der Waals surface area contributed by atoms with Crippen LogP contribution in [0.15, 0.2) is 0 Å². The van der Waals surface area contributed by atoms with Crippen LogP contribution < -0.4 is 0 Å². The van der Waals surface area contributed by atoms with E-state index in [1.54, 1.807) is 0 Å². The largest absolute Gasteiger partial charge is 0.369 e. The Morgan fingerprint density at radius 3 is 1.83 bits per heavy atom. The van der Waals surface area contributed by atoms with Gasteiger partial charge >= 0.3 is 14.1 Å². The molecule has 0 spiro atoms. The van der Waals surface area contributed by atoms with Crippen LogP contribution in [0, 0.1) is 10.7 Å². The van der Waals surface area contributed by atoms with Crippen molar-refractivity contribution < 1.29 is 0 Å². The lowest BCUT2D eigenvalue weighted by molar-refractivity contribution is 1.91. The van der Waals surface area contributed by atoms with Crippen molar-refractivity contribution in [2.45, 2.75) is 18.5 Å². The van der Waals surface area contributed by atoms with E-state index in [1.165, 1.54) is 0 Å². The van der Waals surface area contributed by atoms with Crippen LogP contribution in [0.1, 0.15) is 6.92 Å². The summed E-state index contributed by atoms with van der Waals surface area (Å²) in [5.41, 5.74) is 0. The smallest absolute Gasteiger partial charge is 0.206 e. The zero-order valence-electron chi connectivity index (χ0n) is 4.58. The van der Waals surface area contributed by atoms with Crippen molar-refractivity contribution in [2.75, 3.05) is 0 Å². The van der Waals surface area contributed by atoms with Gasteiger partial charge in [-0.3, -0.25) is 0 Å². The molecule has 1 heteroatoms. The zero-order chi connectivity index (χ0) is 4.99. The van der Waals surface area contributed by atoms with Crippen LogP contribution in [0.4, 0.5) is 0 Å². The fourth-order valence-electron chi connectivity index (χ4n) is 0.289. The fourth-order valence-corrected chi connectivity index (χ4v) is 0.866. The monoisotopic (exact) mass is 96.1 g/mol. The summed E-state index contributed by atoms with van der Waals surface area (Å²) in [6, 6.07) is 0. The SMILES string of the molecule is CC#[C][Al]([CH3])[CH3]. The van der Waals surface area contributed by atoms with Gasteiger partial charge in [0.05, 0.1) is 0 Å². The van der Waals surface area contributed by atoms with Gasteiger partial charge in [-0.2, -0.15) is 0 Å². The molecule has 0 atom stereocenters. The molecule has 0 nitrogen and oxygen atoms in total. The summed E-state index contributed by atoms with van der Waals surface area (Å²) in [4.78, 5) is 3.10. The maximum absolute atomic E-state index is 3.10. The number of hydrogen-bond acceptors (Lipinski definition) is 0. The van der Waals surface area contributed by atoms with Crippen LogP contribution in [0.5, 0.6) is 0 Å². The molecular weight excluding hydrogens is 87.0 g/mol. The Morgan fingerprint density at radius 1 is 1.33 bits per heavy atom. The Hall–Kier alpha value is 0.0925. The van der Waals surface area contributed by atoms with Gasteiger partial charge in [-0.25, -0.2) is 4.78 Å². The Morgan fingerprint density at radius 2 is 1.83 bits per heavy atom. The van der Waals surface area contributed by atoms with Crippen LogP contribution in [0.25, 0.3) is 0 Å². The maximum atomic E-state index is 3.10. The predicted molar refractivity (Wildman–Crippen MR) is 30.9 cm³/mol. The standard InChI is InChI=1S/C3H3.2CH3.Al/c1-3-2;;;/h1H3;2*1H3;. The molecule has 0 bridgehead atoms. The van der Waals surface area contributed by atoms with Gasteiger partial charge in [0.1, 0.15) is 0 Å². The summed E-state index contributed by atoms with van der Waals surface area (Å²) in [5.74, 6) is 7.32. The Balaban J connectivity index is 3.20. The van der Waals surface area contributed by atoms with Crippen LogP contribution in [0.2, 0.25) is 11.6 Å². The van der Waals surface area contributed by atoms with E-state index >= 15 is 0 Å². The average molecular weight is 96.1 g/mol. The fraction of sp³-hybridized carbons (Fsp3) is 0.600. The molecule has 32 valence electrons. The first-order valence-corrected chi connectivity index (χ1v) is 5.08. The molecule has 0 rings (SSSR count). The summed E-state index contributed by atoms with van der Waals surface area (Å²) in [6.07, 6.45) is 0. The number of hydrogen-bond donors (Lipinski definition) is 0. The lowest BCUT2D eigenvalue weighted by atomic mass is 10.8.